The van der Waals surface area contributed by atoms with Gasteiger partial charge in [0.2, 0.25) is 6.19 Å². The van der Waals surface area contributed by atoms with Gasteiger partial charge in [0.15, 0.2) is 0 Å². The van der Waals surface area contributed by atoms with Crippen LogP contribution in [0.5, 0.6) is 11.5 Å². The Morgan fingerprint density at radius 3 is 2.15 bits per heavy atom. The third-order valence-corrected chi connectivity index (χ3v) is 3.46. The fourth-order valence-electron chi connectivity index (χ4n) is 2.22. The molecule has 0 saturated carbocycles. The molecule has 0 aliphatic heterocycles. The van der Waals surface area contributed by atoms with Crippen LogP contribution in [0.1, 0.15) is 5.56 Å². The highest BCUT2D eigenvalue weighted by Gasteiger charge is 2.04. The average Bonchev–Trinajstić information content (AvgIpc) is 2.69. The zero-order valence-corrected chi connectivity index (χ0v) is 14.0. The molecule has 5 heteroatoms. The van der Waals surface area contributed by atoms with E-state index in [0.717, 1.165) is 17.0 Å². The lowest BCUT2D eigenvalue weighted by atomic mass is 10.2. The number of hydrogen-bond acceptors (Lipinski definition) is 4. The van der Waals surface area contributed by atoms with E-state index in [9.17, 15) is 0 Å². The Hall–Kier alpha value is -3.78. The van der Waals surface area contributed by atoms with E-state index in [1.165, 1.54) is 0 Å². The molecular formula is C21H17N3O2. The number of aliphatic imine (C=N–C) groups is 1. The Morgan fingerprint density at radius 1 is 0.846 bits per heavy atom. The summed E-state index contributed by atoms with van der Waals surface area (Å²) < 4.78 is 11.3. The molecule has 0 aliphatic carbocycles. The van der Waals surface area contributed by atoms with Gasteiger partial charge in [-0.2, -0.15) is 5.26 Å². The molecule has 0 aliphatic rings. The largest absolute Gasteiger partial charge is 0.489 e. The van der Waals surface area contributed by atoms with Crippen LogP contribution in [0.25, 0.3) is 0 Å². The van der Waals surface area contributed by atoms with E-state index < -0.39 is 0 Å². The first-order chi connectivity index (χ1) is 12.8. The summed E-state index contributed by atoms with van der Waals surface area (Å²) in [4.78, 5) is 3.67. The van der Waals surface area contributed by atoms with Crippen LogP contribution in [0, 0.1) is 11.5 Å². The van der Waals surface area contributed by atoms with E-state index in [2.05, 4.69) is 10.3 Å². The zero-order chi connectivity index (χ0) is 18.0. The van der Waals surface area contributed by atoms with Gasteiger partial charge in [0.25, 0.3) is 0 Å². The molecule has 0 radical (unpaired) electrons. The molecule has 0 aromatic heterocycles. The molecule has 128 valence electrons. The van der Waals surface area contributed by atoms with Crippen molar-refractivity contribution < 1.29 is 9.47 Å². The maximum atomic E-state index is 8.84. The molecule has 3 aromatic rings. The molecule has 0 bridgehead atoms. The molecular weight excluding hydrogens is 326 g/mol. The number of nitrogens with one attached hydrogen (secondary N) is 1. The zero-order valence-electron chi connectivity index (χ0n) is 14.0. The summed E-state index contributed by atoms with van der Waals surface area (Å²) in [6.07, 6.45) is 1.73. The minimum atomic E-state index is 0.108. The molecule has 0 saturated heterocycles. The van der Waals surface area contributed by atoms with E-state index in [-0.39, 0.29) is 6.02 Å². The first-order valence-corrected chi connectivity index (χ1v) is 8.07. The number of nitriles is 1. The maximum absolute atomic E-state index is 8.84. The van der Waals surface area contributed by atoms with Crippen molar-refractivity contribution >= 4 is 11.7 Å². The third-order valence-electron chi connectivity index (χ3n) is 3.46. The molecule has 0 atom stereocenters. The summed E-state index contributed by atoms with van der Waals surface area (Å²) in [6.45, 7) is 0.506. The van der Waals surface area contributed by atoms with E-state index in [1.54, 1.807) is 18.3 Å². The lowest BCUT2D eigenvalue weighted by molar-refractivity contribution is 0.306. The monoisotopic (exact) mass is 343 g/mol. The van der Waals surface area contributed by atoms with Gasteiger partial charge in [-0.05, 0) is 42.0 Å². The molecule has 1 N–H and O–H groups in total. The predicted molar refractivity (Wildman–Crippen MR) is 101 cm³/mol. The number of hydrogen-bond donors (Lipinski definition) is 1. The first kappa shape index (κ1) is 17.1. The number of anilines is 1. The van der Waals surface area contributed by atoms with Crippen LogP contribution in [0.4, 0.5) is 5.69 Å². The van der Waals surface area contributed by atoms with Crippen molar-refractivity contribution in [2.45, 2.75) is 6.61 Å². The van der Waals surface area contributed by atoms with Gasteiger partial charge in [-0.15, -0.1) is 4.99 Å². The van der Waals surface area contributed by atoms with E-state index >= 15 is 0 Å². The molecule has 0 heterocycles. The normalized spacial score (nSPS) is 10.7. The highest BCUT2D eigenvalue weighted by Crippen LogP contribution is 2.18. The predicted octanol–water partition coefficient (Wildman–Crippen LogP) is 4.59. The van der Waals surface area contributed by atoms with Crippen LogP contribution in [-0.4, -0.2) is 6.02 Å². The summed E-state index contributed by atoms with van der Waals surface area (Å²) in [5.41, 5.74) is 1.84. The van der Waals surface area contributed by atoms with Crippen LogP contribution in [0.2, 0.25) is 0 Å². The summed E-state index contributed by atoms with van der Waals surface area (Å²) in [5.74, 6) is 1.35. The van der Waals surface area contributed by atoms with Gasteiger partial charge < -0.3 is 14.8 Å². The summed E-state index contributed by atoms with van der Waals surface area (Å²) in [7, 11) is 0. The standard InChI is InChI=1S/C21H17N3O2/c22-16-23-21(26-20-9-5-2-6-10-20)24-18-11-13-19(14-12-18)25-15-17-7-3-1-4-8-17/h1-14H,15H2,(H,23,24). The lowest BCUT2D eigenvalue weighted by Gasteiger charge is -2.11. The van der Waals surface area contributed by atoms with Crippen LogP contribution >= 0.6 is 0 Å². The van der Waals surface area contributed by atoms with Crippen LogP contribution in [0.15, 0.2) is 89.9 Å². The Labute approximate surface area is 152 Å². The van der Waals surface area contributed by atoms with Crippen molar-refractivity contribution in [2.24, 2.45) is 4.99 Å². The summed E-state index contributed by atoms with van der Waals surface area (Å²) >= 11 is 0. The molecule has 5 nitrogen and oxygen atoms in total. The van der Waals surface area contributed by atoms with Gasteiger partial charge in [0.1, 0.15) is 18.1 Å². The van der Waals surface area contributed by atoms with Crippen molar-refractivity contribution in [1.29, 1.82) is 5.26 Å². The smallest absolute Gasteiger partial charge is 0.310 e. The number of rotatable bonds is 5. The summed E-state index contributed by atoms with van der Waals surface area (Å²) in [5, 5.41) is 11.8. The van der Waals surface area contributed by atoms with Gasteiger partial charge in [-0.3, -0.25) is 0 Å². The van der Waals surface area contributed by atoms with Gasteiger partial charge in [0, 0.05) is 5.69 Å². The van der Waals surface area contributed by atoms with Crippen LogP contribution < -0.4 is 14.8 Å². The Balaban J connectivity index is 1.60. The van der Waals surface area contributed by atoms with Crippen molar-refractivity contribution in [1.82, 2.24) is 0 Å². The minimum Gasteiger partial charge on any atom is -0.489 e. The van der Waals surface area contributed by atoms with Gasteiger partial charge in [-0.25, -0.2) is 0 Å². The van der Waals surface area contributed by atoms with Crippen LogP contribution in [0.3, 0.4) is 0 Å². The number of ether oxygens (including phenoxy) is 2. The van der Waals surface area contributed by atoms with E-state index in [1.807, 2.05) is 72.8 Å². The molecule has 26 heavy (non-hydrogen) atoms. The molecule has 3 rings (SSSR count). The van der Waals surface area contributed by atoms with Crippen molar-refractivity contribution in [3.63, 3.8) is 0 Å². The number of amidine groups is 1. The second kappa shape index (κ2) is 8.90. The SMILES string of the molecule is N#C/N=C(/Nc1ccc(OCc2ccccc2)cc1)Oc1ccccc1. The van der Waals surface area contributed by atoms with Crippen molar-refractivity contribution in [3.8, 4) is 17.7 Å². The Bertz CT molecular complexity index is 886. The minimum absolute atomic E-state index is 0.108. The number of benzene rings is 3. The van der Waals surface area contributed by atoms with E-state index in [0.29, 0.717) is 12.4 Å². The molecule has 0 unspecified atom stereocenters. The molecule has 3 aromatic carbocycles. The van der Waals surface area contributed by atoms with Crippen LogP contribution in [-0.2, 0) is 6.61 Å². The summed E-state index contributed by atoms with van der Waals surface area (Å²) in [6, 6.07) is 26.6. The second-order valence-electron chi connectivity index (χ2n) is 5.36. The first-order valence-electron chi connectivity index (χ1n) is 8.07. The van der Waals surface area contributed by atoms with Gasteiger partial charge in [-0.1, -0.05) is 48.5 Å². The van der Waals surface area contributed by atoms with Gasteiger partial charge in [0.05, 0.1) is 0 Å². The highest BCUT2D eigenvalue weighted by molar-refractivity contribution is 5.91. The fraction of sp³-hybridized carbons (Fsp3) is 0.0476. The Kier molecular flexibility index (Phi) is 5.84. The maximum Gasteiger partial charge on any atom is 0.310 e. The second-order valence-corrected chi connectivity index (χ2v) is 5.36. The van der Waals surface area contributed by atoms with E-state index in [4.69, 9.17) is 14.7 Å². The highest BCUT2D eigenvalue weighted by atomic mass is 16.5. The molecule has 0 fully saturated rings. The topological polar surface area (TPSA) is 66.6 Å². The third kappa shape index (κ3) is 5.11. The molecule has 0 amide bonds. The Morgan fingerprint density at radius 2 is 1.50 bits per heavy atom. The van der Waals surface area contributed by atoms with Gasteiger partial charge >= 0.3 is 6.02 Å². The van der Waals surface area contributed by atoms with Crippen molar-refractivity contribution in [3.05, 3.63) is 90.5 Å². The van der Waals surface area contributed by atoms with Crippen molar-refractivity contribution in [2.75, 3.05) is 5.32 Å². The lowest BCUT2D eigenvalue weighted by Crippen LogP contribution is -2.19. The average molecular weight is 343 g/mol. The number of para-hydroxylation sites is 1. The molecule has 0 spiro atoms. The number of nitrogens with zero attached hydrogens (tertiary/aromatic N) is 2. The quantitative estimate of drug-likeness (QED) is 0.418. The fourth-order valence-corrected chi connectivity index (χ4v) is 2.22.